The normalized spacial score (nSPS) is 17.5. The molecular formula is C20H23N5O. The molecule has 4 rings (SSSR count). The first-order valence-electron chi connectivity index (χ1n) is 9.04. The minimum Gasteiger partial charge on any atom is -0.348 e. The molecule has 1 saturated heterocycles. The van der Waals surface area contributed by atoms with Gasteiger partial charge in [-0.3, -0.25) is 4.79 Å². The minimum absolute atomic E-state index is 0.0844. The third kappa shape index (κ3) is 3.14. The summed E-state index contributed by atoms with van der Waals surface area (Å²) in [7, 11) is 0. The predicted octanol–water partition coefficient (Wildman–Crippen LogP) is 3.23. The molecule has 1 N–H and O–H groups in total. The van der Waals surface area contributed by atoms with Crippen molar-refractivity contribution in [2.75, 3.05) is 13.1 Å². The van der Waals surface area contributed by atoms with E-state index in [4.69, 9.17) is 0 Å². The zero-order chi connectivity index (χ0) is 18.1. The molecule has 3 heterocycles. The first kappa shape index (κ1) is 16.6. The minimum atomic E-state index is 0.0844. The average molecular weight is 349 g/mol. The van der Waals surface area contributed by atoms with Crippen molar-refractivity contribution in [3.8, 4) is 5.69 Å². The van der Waals surface area contributed by atoms with Crippen molar-refractivity contribution in [3.05, 3.63) is 65.5 Å². The van der Waals surface area contributed by atoms with E-state index in [0.29, 0.717) is 6.54 Å². The number of likely N-dealkylation sites (tertiary alicyclic amines) is 1. The lowest BCUT2D eigenvalue weighted by molar-refractivity contribution is 0.0705. The molecule has 1 aromatic carbocycles. The number of H-pyrrole nitrogens is 1. The van der Waals surface area contributed by atoms with Crippen molar-refractivity contribution in [1.29, 1.82) is 0 Å². The first-order valence-corrected chi connectivity index (χ1v) is 9.04. The Hall–Kier alpha value is -2.89. The van der Waals surface area contributed by atoms with Crippen LogP contribution < -0.4 is 0 Å². The third-order valence-corrected chi connectivity index (χ3v) is 4.98. The van der Waals surface area contributed by atoms with Crippen LogP contribution in [0.3, 0.4) is 0 Å². The van der Waals surface area contributed by atoms with Gasteiger partial charge >= 0.3 is 0 Å². The largest absolute Gasteiger partial charge is 0.348 e. The Morgan fingerprint density at radius 2 is 2.04 bits per heavy atom. The number of amides is 1. The van der Waals surface area contributed by atoms with Crippen LogP contribution in [0.1, 0.15) is 46.3 Å². The average Bonchev–Trinajstić information content (AvgIpc) is 3.31. The van der Waals surface area contributed by atoms with E-state index >= 15 is 0 Å². The number of carbonyl (C=O) groups is 1. The molecule has 1 fully saturated rings. The van der Waals surface area contributed by atoms with E-state index in [2.05, 4.69) is 15.1 Å². The Morgan fingerprint density at radius 3 is 2.69 bits per heavy atom. The zero-order valence-electron chi connectivity index (χ0n) is 15.1. The van der Waals surface area contributed by atoms with Crippen molar-refractivity contribution >= 4 is 5.91 Å². The van der Waals surface area contributed by atoms with Crippen LogP contribution in [0.15, 0.2) is 42.7 Å². The molecule has 0 saturated carbocycles. The van der Waals surface area contributed by atoms with Crippen molar-refractivity contribution in [1.82, 2.24) is 24.6 Å². The molecule has 3 aromatic rings. The van der Waals surface area contributed by atoms with E-state index in [-0.39, 0.29) is 11.8 Å². The summed E-state index contributed by atoms with van der Waals surface area (Å²) in [5.41, 5.74) is 3.76. The maximum atomic E-state index is 12.9. The molecular weight excluding hydrogens is 326 g/mol. The second kappa shape index (κ2) is 6.78. The highest BCUT2D eigenvalue weighted by Crippen LogP contribution is 2.25. The highest BCUT2D eigenvalue weighted by Gasteiger charge is 2.26. The fourth-order valence-corrected chi connectivity index (χ4v) is 3.70. The molecule has 1 aliphatic rings. The molecule has 6 heteroatoms. The highest BCUT2D eigenvalue weighted by molar-refractivity contribution is 5.94. The second-order valence-electron chi connectivity index (χ2n) is 6.95. The molecule has 26 heavy (non-hydrogen) atoms. The van der Waals surface area contributed by atoms with Crippen molar-refractivity contribution in [2.45, 2.75) is 32.6 Å². The number of benzene rings is 1. The fraction of sp³-hybridized carbons (Fsp3) is 0.350. The fourth-order valence-electron chi connectivity index (χ4n) is 3.70. The summed E-state index contributed by atoms with van der Waals surface area (Å²) in [6.07, 6.45) is 5.68. The molecule has 6 nitrogen and oxygen atoms in total. The number of carbonyl (C=O) groups excluding carboxylic acids is 1. The molecule has 0 radical (unpaired) electrons. The van der Waals surface area contributed by atoms with Crippen molar-refractivity contribution in [2.24, 2.45) is 0 Å². The van der Waals surface area contributed by atoms with Gasteiger partial charge < -0.3 is 9.88 Å². The van der Waals surface area contributed by atoms with Gasteiger partial charge in [-0.1, -0.05) is 0 Å². The van der Waals surface area contributed by atoms with Crippen LogP contribution in [-0.2, 0) is 0 Å². The van der Waals surface area contributed by atoms with Crippen LogP contribution in [0.25, 0.3) is 5.69 Å². The number of nitrogens with zero attached hydrogens (tertiary/aromatic N) is 4. The van der Waals surface area contributed by atoms with E-state index in [1.165, 1.54) is 0 Å². The molecule has 1 aliphatic heterocycles. The second-order valence-corrected chi connectivity index (χ2v) is 6.95. The standard InChI is InChI=1S/C20H23N5O/c1-14-12-15(2)25(23-14)18-7-5-16(6-8-18)20(26)24-11-3-4-17(13-24)19-21-9-10-22-19/h5-10,12,17H,3-4,11,13H2,1-2H3,(H,21,22)/t17-/m0/s1. The lowest BCUT2D eigenvalue weighted by Gasteiger charge is -2.32. The summed E-state index contributed by atoms with van der Waals surface area (Å²) < 4.78 is 1.90. The number of hydrogen-bond acceptors (Lipinski definition) is 3. The summed E-state index contributed by atoms with van der Waals surface area (Å²) in [6.45, 7) is 5.52. The monoisotopic (exact) mass is 349 g/mol. The molecule has 0 bridgehead atoms. The number of imidazole rings is 1. The molecule has 134 valence electrons. The van der Waals surface area contributed by atoms with E-state index in [0.717, 1.165) is 47.8 Å². The maximum Gasteiger partial charge on any atom is 0.253 e. The van der Waals surface area contributed by atoms with Crippen molar-refractivity contribution in [3.63, 3.8) is 0 Å². The molecule has 1 atom stereocenters. The van der Waals surface area contributed by atoms with E-state index < -0.39 is 0 Å². The summed E-state index contributed by atoms with van der Waals surface area (Å²) in [5.74, 6) is 1.35. The molecule has 0 unspecified atom stereocenters. The lowest BCUT2D eigenvalue weighted by atomic mass is 9.96. The Bertz CT molecular complexity index is 895. The van der Waals surface area contributed by atoms with Crippen LogP contribution in [0, 0.1) is 13.8 Å². The Morgan fingerprint density at radius 1 is 1.23 bits per heavy atom. The van der Waals surface area contributed by atoms with Crippen LogP contribution >= 0.6 is 0 Å². The number of piperidine rings is 1. The van der Waals surface area contributed by atoms with Crippen LogP contribution in [0.5, 0.6) is 0 Å². The number of aromatic nitrogens is 4. The van der Waals surface area contributed by atoms with Gasteiger partial charge in [0.05, 0.1) is 11.4 Å². The Kier molecular flexibility index (Phi) is 4.32. The summed E-state index contributed by atoms with van der Waals surface area (Å²) in [6, 6.07) is 9.75. The van der Waals surface area contributed by atoms with Gasteiger partial charge in [-0.15, -0.1) is 0 Å². The molecule has 0 aliphatic carbocycles. The SMILES string of the molecule is Cc1cc(C)n(-c2ccc(C(=O)N3CCC[C@H](c4ncc[nH]4)C3)cc2)n1. The first-order chi connectivity index (χ1) is 12.6. The van der Waals surface area contributed by atoms with Crippen molar-refractivity contribution < 1.29 is 4.79 Å². The quantitative estimate of drug-likeness (QED) is 0.789. The van der Waals surface area contributed by atoms with E-state index in [9.17, 15) is 4.79 Å². The number of hydrogen-bond donors (Lipinski definition) is 1. The van der Waals surface area contributed by atoms with E-state index in [1.807, 2.05) is 60.0 Å². The van der Waals surface area contributed by atoms with E-state index in [1.54, 1.807) is 6.20 Å². The lowest BCUT2D eigenvalue weighted by Crippen LogP contribution is -2.39. The van der Waals surface area contributed by atoms with Gasteiger partial charge in [0, 0.05) is 42.7 Å². The van der Waals surface area contributed by atoms with Gasteiger partial charge in [-0.05, 0) is 57.0 Å². The number of aryl methyl sites for hydroxylation is 2. The van der Waals surface area contributed by atoms with Crippen LogP contribution in [-0.4, -0.2) is 43.6 Å². The molecule has 1 amide bonds. The maximum absolute atomic E-state index is 12.9. The number of nitrogens with one attached hydrogen (secondary N) is 1. The smallest absolute Gasteiger partial charge is 0.253 e. The Balaban J connectivity index is 1.50. The van der Waals surface area contributed by atoms with Gasteiger partial charge in [0.25, 0.3) is 5.91 Å². The van der Waals surface area contributed by atoms with Crippen LogP contribution in [0.4, 0.5) is 0 Å². The highest BCUT2D eigenvalue weighted by atomic mass is 16.2. The van der Waals surface area contributed by atoms with Crippen LogP contribution in [0.2, 0.25) is 0 Å². The van der Waals surface area contributed by atoms with Gasteiger partial charge in [0.2, 0.25) is 0 Å². The molecule has 2 aromatic heterocycles. The van der Waals surface area contributed by atoms with Gasteiger partial charge in [0.15, 0.2) is 0 Å². The zero-order valence-corrected chi connectivity index (χ0v) is 15.1. The predicted molar refractivity (Wildman–Crippen MR) is 99.5 cm³/mol. The van der Waals surface area contributed by atoms with Gasteiger partial charge in [0.1, 0.15) is 5.82 Å². The molecule has 0 spiro atoms. The number of aromatic amines is 1. The topological polar surface area (TPSA) is 66.8 Å². The van der Waals surface area contributed by atoms with Gasteiger partial charge in [-0.25, -0.2) is 9.67 Å². The number of rotatable bonds is 3. The third-order valence-electron chi connectivity index (χ3n) is 4.98. The summed E-state index contributed by atoms with van der Waals surface area (Å²) in [5, 5.41) is 4.49. The Labute approximate surface area is 152 Å². The summed E-state index contributed by atoms with van der Waals surface area (Å²) in [4.78, 5) is 22.4. The van der Waals surface area contributed by atoms with Gasteiger partial charge in [-0.2, -0.15) is 5.10 Å². The summed E-state index contributed by atoms with van der Waals surface area (Å²) >= 11 is 0.